The Morgan fingerprint density at radius 3 is 2.60 bits per heavy atom. The minimum atomic E-state index is -0.115. The van der Waals surface area contributed by atoms with Crippen molar-refractivity contribution in [2.75, 3.05) is 43.0 Å². The molecule has 1 fully saturated rings. The third-order valence-electron chi connectivity index (χ3n) is 5.09. The van der Waals surface area contributed by atoms with Crippen LogP contribution in [0, 0.1) is 11.3 Å². The van der Waals surface area contributed by atoms with Gasteiger partial charge in [0.1, 0.15) is 17.6 Å². The first kappa shape index (κ1) is 19.5. The molecule has 2 heterocycles. The molecule has 2 amide bonds. The summed E-state index contributed by atoms with van der Waals surface area (Å²) in [6.07, 6.45) is 0. The van der Waals surface area contributed by atoms with Crippen LogP contribution < -0.4 is 15.0 Å². The largest absolute Gasteiger partial charge is 0.494 e. The topological polar surface area (TPSA) is 81.5 Å². The lowest BCUT2D eigenvalue weighted by atomic mass is 10.1. The second-order valence-electron chi connectivity index (χ2n) is 7.03. The molecule has 0 spiro atoms. The molecule has 7 heteroatoms. The van der Waals surface area contributed by atoms with Gasteiger partial charge in [0, 0.05) is 37.3 Å². The summed E-state index contributed by atoms with van der Waals surface area (Å²) in [5.74, 6) is 1.43. The highest BCUT2D eigenvalue weighted by Crippen LogP contribution is 2.27. The van der Waals surface area contributed by atoms with Crippen molar-refractivity contribution in [3.63, 3.8) is 0 Å². The summed E-state index contributed by atoms with van der Waals surface area (Å²) < 4.78 is 5.55. The average Bonchev–Trinajstić information content (AvgIpc) is 2.79. The fraction of sp³-hybridized carbons (Fsp3) is 0.261. The summed E-state index contributed by atoms with van der Waals surface area (Å²) in [6, 6.07) is 19.1. The number of nitrogens with one attached hydrogen (secondary N) is 1. The van der Waals surface area contributed by atoms with Crippen LogP contribution in [0.25, 0.3) is 10.9 Å². The summed E-state index contributed by atoms with van der Waals surface area (Å²) in [5, 5.41) is 13.5. The molecule has 1 saturated heterocycles. The maximum absolute atomic E-state index is 12.5. The number of rotatable bonds is 4. The summed E-state index contributed by atoms with van der Waals surface area (Å²) >= 11 is 0. The average molecular weight is 401 g/mol. The molecule has 0 radical (unpaired) electrons. The van der Waals surface area contributed by atoms with Crippen molar-refractivity contribution in [3.8, 4) is 11.8 Å². The lowest BCUT2D eigenvalue weighted by molar-refractivity contribution is 0.208. The van der Waals surface area contributed by atoms with Gasteiger partial charge in [-0.05, 0) is 43.3 Å². The fourth-order valence-electron chi connectivity index (χ4n) is 3.57. The van der Waals surface area contributed by atoms with Crippen molar-refractivity contribution in [3.05, 3.63) is 60.2 Å². The summed E-state index contributed by atoms with van der Waals surface area (Å²) in [6.45, 7) is 4.88. The van der Waals surface area contributed by atoms with Gasteiger partial charge in [-0.1, -0.05) is 18.2 Å². The van der Waals surface area contributed by atoms with Crippen LogP contribution in [0.5, 0.6) is 5.75 Å². The number of benzene rings is 2. The molecule has 0 unspecified atom stereocenters. The number of nitrogens with zero attached hydrogens (tertiary/aromatic N) is 4. The second-order valence-corrected chi connectivity index (χ2v) is 7.03. The Kier molecular flexibility index (Phi) is 5.66. The molecule has 0 saturated carbocycles. The smallest absolute Gasteiger partial charge is 0.321 e. The van der Waals surface area contributed by atoms with E-state index in [0.29, 0.717) is 44.2 Å². The van der Waals surface area contributed by atoms with Gasteiger partial charge >= 0.3 is 6.03 Å². The molecular formula is C23H23N5O2. The van der Waals surface area contributed by atoms with Gasteiger partial charge in [0.2, 0.25) is 0 Å². The van der Waals surface area contributed by atoms with E-state index in [1.807, 2.05) is 61.5 Å². The molecule has 0 bridgehead atoms. The van der Waals surface area contributed by atoms with E-state index in [9.17, 15) is 10.1 Å². The van der Waals surface area contributed by atoms with E-state index in [2.05, 4.69) is 16.3 Å². The third kappa shape index (κ3) is 4.13. The van der Waals surface area contributed by atoms with E-state index in [1.165, 1.54) is 0 Å². The normalized spacial score (nSPS) is 13.7. The van der Waals surface area contributed by atoms with Crippen LogP contribution in [0.4, 0.5) is 16.3 Å². The monoisotopic (exact) mass is 401 g/mol. The number of piperazine rings is 1. The first-order valence-corrected chi connectivity index (χ1v) is 10.0. The maximum Gasteiger partial charge on any atom is 0.321 e. The lowest BCUT2D eigenvalue weighted by Crippen LogP contribution is -2.50. The highest BCUT2D eigenvalue weighted by Gasteiger charge is 2.24. The third-order valence-corrected chi connectivity index (χ3v) is 5.09. The van der Waals surface area contributed by atoms with Gasteiger partial charge < -0.3 is 19.9 Å². The van der Waals surface area contributed by atoms with Crippen molar-refractivity contribution < 1.29 is 9.53 Å². The molecule has 1 aliphatic heterocycles. The zero-order chi connectivity index (χ0) is 20.9. The predicted octanol–water partition coefficient (Wildman–Crippen LogP) is 3.86. The predicted molar refractivity (Wildman–Crippen MR) is 117 cm³/mol. The molecule has 7 nitrogen and oxygen atoms in total. The SMILES string of the molecule is CCOc1ccc2nc(N3CCN(C(=O)Nc4ccccc4)CC3)c(C#N)cc2c1. The zero-order valence-corrected chi connectivity index (χ0v) is 16.8. The van der Waals surface area contributed by atoms with Gasteiger partial charge in [-0.2, -0.15) is 5.26 Å². The van der Waals surface area contributed by atoms with Gasteiger partial charge in [0.05, 0.1) is 17.7 Å². The van der Waals surface area contributed by atoms with Crippen LogP contribution in [-0.4, -0.2) is 48.7 Å². The first-order valence-electron chi connectivity index (χ1n) is 10.0. The minimum absolute atomic E-state index is 0.115. The second kappa shape index (κ2) is 8.70. The number of aromatic nitrogens is 1. The van der Waals surface area contributed by atoms with E-state index >= 15 is 0 Å². The highest BCUT2D eigenvalue weighted by molar-refractivity contribution is 5.89. The molecule has 4 rings (SSSR count). The Balaban J connectivity index is 1.48. The lowest BCUT2D eigenvalue weighted by Gasteiger charge is -2.35. The van der Waals surface area contributed by atoms with E-state index in [1.54, 1.807) is 4.90 Å². The number of hydrogen-bond donors (Lipinski definition) is 1. The Hall–Kier alpha value is -3.79. The number of amides is 2. The highest BCUT2D eigenvalue weighted by atomic mass is 16.5. The quantitative estimate of drug-likeness (QED) is 0.718. The van der Waals surface area contributed by atoms with E-state index in [4.69, 9.17) is 9.72 Å². The molecule has 0 aliphatic carbocycles. The molecule has 3 aromatic rings. The van der Waals surface area contributed by atoms with E-state index < -0.39 is 0 Å². The Morgan fingerprint density at radius 1 is 1.13 bits per heavy atom. The number of urea groups is 1. The molecule has 1 aliphatic rings. The van der Waals surface area contributed by atoms with Crippen LogP contribution in [0.2, 0.25) is 0 Å². The Bertz CT molecular complexity index is 1090. The number of anilines is 2. The molecule has 2 aromatic carbocycles. The van der Waals surface area contributed by atoms with Gasteiger partial charge in [-0.25, -0.2) is 9.78 Å². The van der Waals surface area contributed by atoms with E-state index in [0.717, 1.165) is 22.3 Å². The Labute approximate surface area is 175 Å². The molecule has 30 heavy (non-hydrogen) atoms. The van der Waals surface area contributed by atoms with Crippen molar-refractivity contribution >= 4 is 28.4 Å². The van der Waals surface area contributed by atoms with Crippen LogP contribution in [0.1, 0.15) is 12.5 Å². The number of hydrogen-bond acceptors (Lipinski definition) is 5. The minimum Gasteiger partial charge on any atom is -0.494 e. The van der Waals surface area contributed by atoms with Crippen LogP contribution in [0.3, 0.4) is 0 Å². The Morgan fingerprint density at radius 2 is 1.90 bits per heavy atom. The number of carbonyl (C=O) groups excluding carboxylic acids is 1. The number of ether oxygens (including phenoxy) is 1. The van der Waals surface area contributed by atoms with Crippen LogP contribution in [0.15, 0.2) is 54.6 Å². The number of nitriles is 1. The van der Waals surface area contributed by atoms with E-state index in [-0.39, 0.29) is 6.03 Å². The van der Waals surface area contributed by atoms with Crippen LogP contribution >= 0.6 is 0 Å². The molecule has 1 aromatic heterocycles. The number of fused-ring (bicyclic) bond motifs is 1. The van der Waals surface area contributed by atoms with Gasteiger partial charge in [-0.15, -0.1) is 0 Å². The number of carbonyl (C=O) groups is 1. The summed E-state index contributed by atoms with van der Waals surface area (Å²) in [7, 11) is 0. The standard InChI is InChI=1S/C23H23N5O2/c1-2-30-20-8-9-21-17(15-20)14-18(16-24)22(26-21)27-10-12-28(13-11-27)23(29)25-19-6-4-3-5-7-19/h3-9,14-15H,2,10-13H2,1H3,(H,25,29). The zero-order valence-electron chi connectivity index (χ0n) is 16.8. The molecule has 1 N–H and O–H groups in total. The summed E-state index contributed by atoms with van der Waals surface area (Å²) in [5.41, 5.74) is 2.12. The van der Waals surface area contributed by atoms with Crippen molar-refractivity contribution in [1.29, 1.82) is 5.26 Å². The molecule has 0 atom stereocenters. The molecular weight excluding hydrogens is 378 g/mol. The fourth-order valence-corrected chi connectivity index (χ4v) is 3.57. The van der Waals surface area contributed by atoms with Crippen molar-refractivity contribution in [2.24, 2.45) is 0 Å². The van der Waals surface area contributed by atoms with Gasteiger partial charge in [0.25, 0.3) is 0 Å². The van der Waals surface area contributed by atoms with Crippen molar-refractivity contribution in [2.45, 2.75) is 6.92 Å². The van der Waals surface area contributed by atoms with Crippen LogP contribution in [-0.2, 0) is 0 Å². The van der Waals surface area contributed by atoms with Gasteiger partial charge in [0.15, 0.2) is 0 Å². The molecule has 152 valence electrons. The van der Waals surface area contributed by atoms with Crippen molar-refractivity contribution in [1.82, 2.24) is 9.88 Å². The van der Waals surface area contributed by atoms with Gasteiger partial charge in [-0.3, -0.25) is 0 Å². The maximum atomic E-state index is 12.5. The summed E-state index contributed by atoms with van der Waals surface area (Å²) in [4.78, 5) is 21.1. The first-order chi connectivity index (χ1) is 14.7. The number of pyridine rings is 1. The number of para-hydroxylation sites is 1.